The van der Waals surface area contributed by atoms with Crippen molar-refractivity contribution in [1.29, 1.82) is 0 Å². The van der Waals surface area contributed by atoms with E-state index in [0.717, 1.165) is 19.3 Å². The number of nitrogens with one attached hydrogen (secondary N) is 4. The van der Waals surface area contributed by atoms with E-state index in [1.165, 1.54) is 11.0 Å². The number of fused-ring (bicyclic) bond motifs is 1. The van der Waals surface area contributed by atoms with Crippen LogP contribution in [-0.2, 0) is 29.0 Å². The van der Waals surface area contributed by atoms with Gasteiger partial charge in [-0.3, -0.25) is 19.2 Å². The third-order valence-corrected chi connectivity index (χ3v) is 12.7. The van der Waals surface area contributed by atoms with E-state index < -0.39 is 68.5 Å². The SMILES string of the molecule is C#CCCC(NC(=O)[C@@H]1[C@@H]2[C@H](CN1C(=O)[C@@H](NC(=O)NC1(CS(=O)(=O)c3ccccc3)CCCCC1)C(C)(C)C)C2(C)C)C(=O)C(=O)NCC=C. The summed E-state index contributed by atoms with van der Waals surface area (Å²) in [5.74, 6) is -0.792. The number of carbonyl (C=O) groups excluding carboxylic acids is 5. The van der Waals surface area contributed by atoms with Crippen LogP contribution < -0.4 is 21.3 Å². The largest absolute Gasteiger partial charge is 0.346 e. The number of amides is 5. The van der Waals surface area contributed by atoms with Crippen LogP contribution in [0.4, 0.5) is 4.79 Å². The normalized spacial score (nSPS) is 23.0. The Balaban J connectivity index is 1.56. The van der Waals surface area contributed by atoms with Gasteiger partial charge in [-0.2, -0.15) is 0 Å². The average molecular weight is 724 g/mol. The first-order chi connectivity index (χ1) is 23.9. The van der Waals surface area contributed by atoms with Gasteiger partial charge in [0.05, 0.1) is 22.2 Å². The molecule has 3 fully saturated rings. The molecule has 278 valence electrons. The highest BCUT2D eigenvalue weighted by atomic mass is 32.2. The van der Waals surface area contributed by atoms with Crippen LogP contribution in [0.15, 0.2) is 47.9 Å². The Labute approximate surface area is 302 Å². The van der Waals surface area contributed by atoms with E-state index in [2.05, 4.69) is 33.8 Å². The molecule has 1 unspecified atom stereocenters. The van der Waals surface area contributed by atoms with Gasteiger partial charge in [0, 0.05) is 19.5 Å². The molecule has 5 amide bonds. The summed E-state index contributed by atoms with van der Waals surface area (Å²) < 4.78 is 26.9. The minimum Gasteiger partial charge on any atom is -0.346 e. The fourth-order valence-corrected chi connectivity index (χ4v) is 9.64. The molecule has 3 aliphatic rings. The predicted octanol–water partition coefficient (Wildman–Crippen LogP) is 3.13. The molecule has 0 spiro atoms. The van der Waals surface area contributed by atoms with Crippen LogP contribution in [0.25, 0.3) is 0 Å². The summed E-state index contributed by atoms with van der Waals surface area (Å²) in [6, 6.07) is 4.25. The van der Waals surface area contributed by atoms with Crippen molar-refractivity contribution >= 4 is 39.4 Å². The fraction of sp³-hybridized carbons (Fsp3) is 0.605. The number of piperidine rings is 1. The zero-order valence-electron chi connectivity index (χ0n) is 30.4. The summed E-state index contributed by atoms with van der Waals surface area (Å²) in [5, 5.41) is 11.0. The molecule has 13 heteroatoms. The quantitative estimate of drug-likeness (QED) is 0.130. The summed E-state index contributed by atoms with van der Waals surface area (Å²) in [7, 11) is -3.74. The Morgan fingerprint density at radius 2 is 1.71 bits per heavy atom. The highest BCUT2D eigenvalue weighted by molar-refractivity contribution is 7.91. The summed E-state index contributed by atoms with van der Waals surface area (Å²) in [5.41, 5.74) is -2.08. The van der Waals surface area contributed by atoms with Gasteiger partial charge in [-0.15, -0.1) is 18.9 Å². The Kier molecular flexibility index (Phi) is 12.1. The number of nitrogens with zero attached hydrogens (tertiary/aromatic N) is 1. The van der Waals surface area contributed by atoms with Crippen molar-refractivity contribution in [2.45, 2.75) is 108 Å². The molecule has 1 aromatic carbocycles. The van der Waals surface area contributed by atoms with Crippen LogP contribution in [0.5, 0.6) is 0 Å². The zero-order chi connectivity index (χ0) is 37.8. The molecule has 1 saturated heterocycles. The van der Waals surface area contributed by atoms with Crippen LogP contribution >= 0.6 is 0 Å². The lowest BCUT2D eigenvalue weighted by Gasteiger charge is -2.40. The minimum absolute atomic E-state index is 0.0103. The molecule has 5 atom stereocenters. The predicted molar refractivity (Wildman–Crippen MR) is 194 cm³/mol. The van der Waals surface area contributed by atoms with E-state index in [1.54, 1.807) is 51.1 Å². The fourth-order valence-electron chi connectivity index (χ4n) is 7.81. The first-order valence-electron chi connectivity index (χ1n) is 17.7. The van der Waals surface area contributed by atoms with Crippen molar-refractivity contribution in [3.05, 3.63) is 43.0 Å². The molecular formula is C38H53N5O7S. The number of Topliss-reactive ketones (excluding diaryl/α,β-unsaturated/α-hetero) is 1. The van der Waals surface area contributed by atoms with Gasteiger partial charge in [-0.05, 0) is 54.1 Å². The Morgan fingerprint density at radius 1 is 1.06 bits per heavy atom. The number of sulfone groups is 1. The summed E-state index contributed by atoms with van der Waals surface area (Å²) in [6.07, 6.45) is 10.4. The number of carbonyl (C=O) groups is 5. The second kappa shape index (κ2) is 15.6. The Hall–Kier alpha value is -4.18. The molecule has 4 rings (SSSR count). The van der Waals surface area contributed by atoms with E-state index in [9.17, 15) is 32.4 Å². The van der Waals surface area contributed by atoms with Crippen molar-refractivity contribution in [3.8, 4) is 12.3 Å². The molecule has 2 aliphatic carbocycles. The summed E-state index contributed by atoms with van der Waals surface area (Å²) in [4.78, 5) is 69.5. The van der Waals surface area contributed by atoms with Crippen molar-refractivity contribution in [3.63, 3.8) is 0 Å². The van der Waals surface area contributed by atoms with Crippen molar-refractivity contribution < 1.29 is 32.4 Å². The highest BCUT2D eigenvalue weighted by Crippen LogP contribution is 2.65. The lowest BCUT2D eigenvalue weighted by molar-refractivity contribution is -0.145. The van der Waals surface area contributed by atoms with Crippen LogP contribution in [0.3, 0.4) is 0 Å². The van der Waals surface area contributed by atoms with E-state index in [1.807, 2.05) is 13.8 Å². The van der Waals surface area contributed by atoms with Crippen molar-refractivity contribution in [2.24, 2.45) is 22.7 Å². The molecule has 12 nitrogen and oxygen atoms in total. The third kappa shape index (κ3) is 9.01. The summed E-state index contributed by atoms with van der Waals surface area (Å²) in [6.45, 7) is 13.3. The molecule has 0 radical (unpaired) electrons. The van der Waals surface area contributed by atoms with Crippen molar-refractivity contribution in [2.75, 3.05) is 18.8 Å². The Morgan fingerprint density at radius 3 is 2.29 bits per heavy atom. The lowest BCUT2D eigenvalue weighted by Crippen LogP contribution is -2.63. The maximum atomic E-state index is 14.5. The number of rotatable bonds is 14. The Bertz CT molecular complexity index is 1650. The molecule has 4 N–H and O–H groups in total. The number of ketones is 1. The number of hydrogen-bond acceptors (Lipinski definition) is 7. The van der Waals surface area contributed by atoms with Gasteiger partial charge in [-0.1, -0.05) is 78.2 Å². The smallest absolute Gasteiger partial charge is 0.315 e. The van der Waals surface area contributed by atoms with E-state index in [-0.39, 0.29) is 53.8 Å². The molecule has 0 aromatic heterocycles. The minimum atomic E-state index is -3.74. The van der Waals surface area contributed by atoms with Crippen LogP contribution in [0, 0.1) is 35.0 Å². The summed E-state index contributed by atoms with van der Waals surface area (Å²) >= 11 is 0. The zero-order valence-corrected chi connectivity index (χ0v) is 31.2. The number of terminal acetylenes is 1. The van der Waals surface area contributed by atoms with E-state index in [0.29, 0.717) is 12.8 Å². The van der Waals surface area contributed by atoms with Gasteiger partial charge >= 0.3 is 6.03 Å². The van der Waals surface area contributed by atoms with E-state index >= 15 is 0 Å². The number of hydrogen-bond donors (Lipinski definition) is 4. The number of benzene rings is 1. The van der Waals surface area contributed by atoms with Gasteiger partial charge in [0.2, 0.25) is 17.6 Å². The van der Waals surface area contributed by atoms with Gasteiger partial charge in [0.1, 0.15) is 12.1 Å². The highest BCUT2D eigenvalue weighted by Gasteiger charge is 2.70. The van der Waals surface area contributed by atoms with E-state index in [4.69, 9.17) is 6.42 Å². The lowest BCUT2D eigenvalue weighted by atomic mass is 9.83. The topological polar surface area (TPSA) is 171 Å². The molecule has 1 aliphatic heterocycles. The first kappa shape index (κ1) is 39.6. The molecule has 51 heavy (non-hydrogen) atoms. The molecule has 1 heterocycles. The maximum Gasteiger partial charge on any atom is 0.315 e. The first-order valence-corrected chi connectivity index (χ1v) is 19.4. The molecule has 0 bridgehead atoms. The second-order valence-corrected chi connectivity index (χ2v) is 17.9. The maximum absolute atomic E-state index is 14.5. The van der Waals surface area contributed by atoms with Gasteiger partial charge in [0.15, 0.2) is 9.84 Å². The van der Waals surface area contributed by atoms with Gasteiger partial charge in [-0.25, -0.2) is 13.2 Å². The van der Waals surface area contributed by atoms with Crippen LogP contribution in [0.2, 0.25) is 0 Å². The number of urea groups is 1. The monoisotopic (exact) mass is 723 g/mol. The van der Waals surface area contributed by atoms with Crippen molar-refractivity contribution in [1.82, 2.24) is 26.2 Å². The second-order valence-electron chi connectivity index (χ2n) is 15.9. The molecule has 1 aromatic rings. The molecule has 2 saturated carbocycles. The number of likely N-dealkylation sites (tertiary alicyclic amines) is 1. The third-order valence-electron chi connectivity index (χ3n) is 10.7. The molecular weight excluding hydrogens is 671 g/mol. The van der Waals surface area contributed by atoms with Crippen LogP contribution in [0.1, 0.15) is 79.6 Å². The average Bonchev–Trinajstić information content (AvgIpc) is 3.38. The van der Waals surface area contributed by atoms with Gasteiger partial charge in [0.25, 0.3) is 5.91 Å². The van der Waals surface area contributed by atoms with Gasteiger partial charge < -0.3 is 26.2 Å². The van der Waals surface area contributed by atoms with Crippen LogP contribution in [-0.4, -0.2) is 85.4 Å². The standard InChI is InChI=1S/C38H53N5O7S/c1-8-10-19-27(30(44)33(46)39-22-9-2)40-32(45)29-28-26(37(28,6)7)23-43(29)34(47)31(36(3,4)5)41-35(48)42-38(20-15-12-16-21-38)24-51(49,50)25-17-13-11-14-18-25/h1,9,11,13-14,17-18,26-29,31H,2,10,12,15-16,19-24H2,3-7H3,(H,39,46)(H,40,45)(H2,41,42,48)/t26-,27?,28-,29-,31+/m0/s1.